The molecule has 0 saturated heterocycles. The second kappa shape index (κ2) is 12.2. The number of carbonyl (C=O) groups is 1. The summed E-state index contributed by atoms with van der Waals surface area (Å²) >= 11 is 13.0. The van der Waals surface area contributed by atoms with Crippen LogP contribution in [0.5, 0.6) is 0 Å². The molecule has 1 aliphatic rings. The van der Waals surface area contributed by atoms with Crippen molar-refractivity contribution in [2.75, 3.05) is 0 Å². The van der Waals surface area contributed by atoms with Crippen molar-refractivity contribution in [1.29, 1.82) is 0 Å². The summed E-state index contributed by atoms with van der Waals surface area (Å²) in [7, 11) is 0. The fourth-order valence-electron chi connectivity index (χ4n) is 3.90. The number of unbranched alkanes of at least 4 members (excludes halogenated alkanes) is 8. The molecule has 166 valence electrons. The highest BCUT2D eigenvalue weighted by atomic mass is 35.5. The molecule has 1 aliphatic carbocycles. The highest BCUT2D eigenvalue weighted by Gasteiger charge is 2.29. The fraction of sp³-hybridized carbons (Fsp3) is 0.414. The lowest BCUT2D eigenvalue weighted by Crippen LogP contribution is -1.97. The molecule has 0 N–H and O–H groups in total. The first kappa shape index (κ1) is 24.5. The van der Waals surface area contributed by atoms with Gasteiger partial charge < -0.3 is 0 Å². The molecule has 1 nitrogen and oxygen atoms in total. The maximum atomic E-state index is 13.1. The summed E-state index contributed by atoms with van der Waals surface area (Å²) in [6, 6.07) is 7.34. The minimum absolute atomic E-state index is 0.0136. The van der Waals surface area contributed by atoms with Gasteiger partial charge in [-0.2, -0.15) is 0 Å². The van der Waals surface area contributed by atoms with Gasteiger partial charge in [-0.25, -0.2) is 0 Å². The first-order valence-corrected chi connectivity index (χ1v) is 12.5. The van der Waals surface area contributed by atoms with E-state index in [0.717, 1.165) is 36.8 Å². The molecule has 0 bridgehead atoms. The van der Waals surface area contributed by atoms with Crippen molar-refractivity contribution in [3.63, 3.8) is 0 Å². The van der Waals surface area contributed by atoms with Gasteiger partial charge in [0.1, 0.15) is 0 Å². The van der Waals surface area contributed by atoms with Crippen molar-refractivity contribution in [1.82, 2.24) is 0 Å². The lowest BCUT2D eigenvalue weighted by molar-refractivity contribution is 0.104. The zero-order valence-corrected chi connectivity index (χ0v) is 20.6. The maximum absolute atomic E-state index is 13.1. The van der Waals surface area contributed by atoms with Crippen LogP contribution in [0.25, 0.3) is 11.1 Å². The number of halogens is 2. The molecular formula is C29H30Cl2O. The number of ketones is 1. The minimum Gasteiger partial charge on any atom is -0.289 e. The topological polar surface area (TPSA) is 17.1 Å². The number of hydrogen-bond acceptors (Lipinski definition) is 1. The van der Waals surface area contributed by atoms with Gasteiger partial charge in [-0.05, 0) is 48.2 Å². The predicted molar refractivity (Wildman–Crippen MR) is 137 cm³/mol. The molecule has 0 unspecified atom stereocenters. The Morgan fingerprint density at radius 3 is 1.47 bits per heavy atom. The van der Waals surface area contributed by atoms with Gasteiger partial charge in [-0.1, -0.05) is 99.3 Å². The van der Waals surface area contributed by atoms with Crippen molar-refractivity contribution in [2.24, 2.45) is 0 Å². The Balaban J connectivity index is 1.79. The molecule has 0 radical (unpaired) electrons. The second-order valence-electron chi connectivity index (χ2n) is 8.31. The quantitative estimate of drug-likeness (QED) is 0.240. The van der Waals surface area contributed by atoms with E-state index in [1.54, 1.807) is 0 Å². The summed E-state index contributed by atoms with van der Waals surface area (Å²) in [6.45, 7) is 4.39. The number of fused-ring (bicyclic) bond motifs is 3. The lowest BCUT2D eigenvalue weighted by atomic mass is 10.0. The number of rotatable bonds is 8. The number of hydrogen-bond donors (Lipinski definition) is 0. The van der Waals surface area contributed by atoms with Crippen molar-refractivity contribution >= 4 is 29.0 Å². The Hall–Kier alpha value is -2.19. The molecule has 2 aromatic rings. The van der Waals surface area contributed by atoms with Crippen LogP contribution in [0.15, 0.2) is 24.3 Å². The SMILES string of the molecule is CCCCCCC#Cc1cc2c(cc1Cl)-c1cc(Cl)c(C#CCCCCCC)cc1C2=O. The van der Waals surface area contributed by atoms with Crippen LogP contribution in [-0.4, -0.2) is 5.78 Å². The number of benzene rings is 2. The monoisotopic (exact) mass is 464 g/mol. The van der Waals surface area contributed by atoms with Crippen LogP contribution in [0.1, 0.15) is 105 Å². The van der Waals surface area contributed by atoms with Crippen molar-refractivity contribution in [3.05, 3.63) is 56.6 Å². The molecule has 0 atom stereocenters. The fourth-order valence-corrected chi connectivity index (χ4v) is 4.32. The van der Waals surface area contributed by atoms with E-state index in [4.69, 9.17) is 23.2 Å². The largest absolute Gasteiger partial charge is 0.289 e. The molecule has 0 heterocycles. The van der Waals surface area contributed by atoms with Crippen molar-refractivity contribution in [2.45, 2.75) is 78.1 Å². The van der Waals surface area contributed by atoms with Crippen LogP contribution in [-0.2, 0) is 0 Å². The normalized spacial score (nSPS) is 11.3. The standard InChI is InChI=1S/C29H30Cl2O/c1-3-5-7-9-11-13-15-21-17-25-23(19-27(21)30)24-20-28(31)22(18-26(24)29(25)32)16-14-12-10-8-6-4-2/h17-20H,3-12H2,1-2H3. The Bertz CT molecular complexity index is 1020. The summed E-state index contributed by atoms with van der Waals surface area (Å²) in [5, 5.41) is 1.13. The Morgan fingerprint density at radius 1 is 0.625 bits per heavy atom. The summed E-state index contributed by atoms with van der Waals surface area (Å²) < 4.78 is 0. The zero-order chi connectivity index (χ0) is 22.9. The third-order valence-electron chi connectivity index (χ3n) is 5.75. The van der Waals surface area contributed by atoms with E-state index < -0.39 is 0 Å². The lowest BCUT2D eigenvalue weighted by Gasteiger charge is -2.04. The van der Waals surface area contributed by atoms with Gasteiger partial charge in [-0.15, -0.1) is 0 Å². The predicted octanol–water partition coefficient (Wildman–Crippen LogP) is 8.85. The zero-order valence-electron chi connectivity index (χ0n) is 19.0. The molecule has 0 aromatic heterocycles. The molecular weight excluding hydrogens is 435 g/mol. The van der Waals surface area contributed by atoms with Crippen molar-refractivity contribution < 1.29 is 4.79 Å². The average Bonchev–Trinajstić information content (AvgIpc) is 3.03. The molecule has 0 spiro atoms. The van der Waals surface area contributed by atoms with Gasteiger partial charge in [0.25, 0.3) is 0 Å². The van der Waals surface area contributed by atoms with Crippen LogP contribution in [0, 0.1) is 23.7 Å². The Labute approximate surface area is 202 Å². The molecule has 3 rings (SSSR count). The van der Waals surface area contributed by atoms with E-state index in [0.29, 0.717) is 32.3 Å². The van der Waals surface area contributed by atoms with Gasteiger partial charge in [0.05, 0.1) is 10.0 Å². The van der Waals surface area contributed by atoms with Crippen LogP contribution < -0.4 is 0 Å². The van der Waals surface area contributed by atoms with Gasteiger partial charge in [0, 0.05) is 35.1 Å². The molecule has 0 amide bonds. The molecule has 2 aromatic carbocycles. The third kappa shape index (κ3) is 5.98. The Kier molecular flexibility index (Phi) is 9.29. The molecule has 0 fully saturated rings. The van der Waals surface area contributed by atoms with E-state index >= 15 is 0 Å². The van der Waals surface area contributed by atoms with Gasteiger partial charge in [-0.3, -0.25) is 4.79 Å². The molecule has 3 heteroatoms. The highest BCUT2D eigenvalue weighted by molar-refractivity contribution is 6.34. The van der Waals surface area contributed by atoms with E-state index in [9.17, 15) is 4.79 Å². The molecule has 0 saturated carbocycles. The van der Waals surface area contributed by atoms with Crippen LogP contribution in [0.2, 0.25) is 10.0 Å². The smallest absolute Gasteiger partial charge is 0.194 e. The summed E-state index contributed by atoms with van der Waals surface area (Å²) in [5.74, 6) is 12.7. The van der Waals surface area contributed by atoms with Crippen LogP contribution in [0.3, 0.4) is 0 Å². The van der Waals surface area contributed by atoms with Crippen molar-refractivity contribution in [3.8, 4) is 34.8 Å². The first-order chi connectivity index (χ1) is 15.6. The third-order valence-corrected chi connectivity index (χ3v) is 6.38. The highest BCUT2D eigenvalue weighted by Crippen LogP contribution is 2.41. The average molecular weight is 465 g/mol. The maximum Gasteiger partial charge on any atom is 0.194 e. The van der Waals surface area contributed by atoms with E-state index in [1.165, 1.54) is 38.5 Å². The minimum atomic E-state index is -0.0136. The van der Waals surface area contributed by atoms with Crippen LogP contribution in [0.4, 0.5) is 0 Å². The summed E-state index contributed by atoms with van der Waals surface area (Å²) in [5.41, 5.74) is 4.34. The van der Waals surface area contributed by atoms with E-state index in [-0.39, 0.29) is 5.78 Å². The molecule has 0 aliphatic heterocycles. The van der Waals surface area contributed by atoms with Gasteiger partial charge in [0.15, 0.2) is 5.78 Å². The van der Waals surface area contributed by atoms with Gasteiger partial charge in [0.2, 0.25) is 0 Å². The van der Waals surface area contributed by atoms with E-state index in [1.807, 2.05) is 24.3 Å². The first-order valence-electron chi connectivity index (χ1n) is 11.8. The van der Waals surface area contributed by atoms with Gasteiger partial charge >= 0.3 is 0 Å². The summed E-state index contributed by atoms with van der Waals surface area (Å²) in [6.07, 6.45) is 11.2. The van der Waals surface area contributed by atoms with E-state index in [2.05, 4.69) is 37.5 Å². The molecule has 32 heavy (non-hydrogen) atoms. The van der Waals surface area contributed by atoms with Crippen LogP contribution >= 0.6 is 23.2 Å². The summed E-state index contributed by atoms with van der Waals surface area (Å²) in [4.78, 5) is 13.1. The Morgan fingerprint density at radius 2 is 1.06 bits per heavy atom. The second-order valence-corrected chi connectivity index (χ2v) is 9.12. The number of carbonyl (C=O) groups excluding carboxylic acids is 1.